The highest BCUT2D eigenvalue weighted by Crippen LogP contribution is 2.43. The van der Waals surface area contributed by atoms with Crippen molar-refractivity contribution in [2.75, 3.05) is 13.1 Å². The number of ether oxygens (including phenoxy) is 1. The van der Waals surface area contributed by atoms with Crippen LogP contribution in [-0.2, 0) is 4.74 Å². The Balaban J connectivity index is 1.81. The molecule has 8 heteroatoms. The van der Waals surface area contributed by atoms with Crippen LogP contribution in [0.4, 0.5) is 9.59 Å². The monoisotopic (exact) mass is 470 g/mol. The van der Waals surface area contributed by atoms with Gasteiger partial charge in [-0.3, -0.25) is 0 Å². The third-order valence-electron chi connectivity index (χ3n) is 4.95. The smallest absolute Gasteiger partial charge is 0.416 e. The normalized spacial score (nSPS) is 16.2. The SMILES string of the molecule is CC(C)c1c(Br)n(C(=O)O)c2cc(C3CCN(C(=O)OC(C)(C)C)CC3)sc12. The number of hydrogen-bond donors (Lipinski definition) is 1. The molecule has 0 saturated carbocycles. The van der Waals surface area contributed by atoms with Crippen molar-refractivity contribution in [3.63, 3.8) is 0 Å². The zero-order chi connectivity index (χ0) is 20.8. The van der Waals surface area contributed by atoms with Gasteiger partial charge in [0.1, 0.15) is 10.2 Å². The molecule has 0 atom stereocenters. The third-order valence-corrected chi connectivity index (χ3v) is 7.06. The van der Waals surface area contributed by atoms with E-state index < -0.39 is 11.7 Å². The fraction of sp³-hybridized carbons (Fsp3) is 0.600. The molecule has 1 aliphatic rings. The zero-order valence-electron chi connectivity index (χ0n) is 16.9. The number of carbonyl (C=O) groups is 2. The molecular formula is C20H27BrN2O4S. The molecule has 0 unspecified atom stereocenters. The van der Waals surface area contributed by atoms with Gasteiger partial charge in [-0.15, -0.1) is 11.3 Å². The Labute approximate surface area is 177 Å². The number of likely N-dealkylation sites (tertiary alicyclic amines) is 1. The van der Waals surface area contributed by atoms with Crippen LogP contribution in [0.2, 0.25) is 0 Å². The average molecular weight is 471 g/mol. The highest BCUT2D eigenvalue weighted by molar-refractivity contribution is 9.10. The molecule has 0 spiro atoms. The van der Waals surface area contributed by atoms with E-state index in [1.807, 2.05) is 26.8 Å². The first-order chi connectivity index (χ1) is 13.0. The lowest BCUT2D eigenvalue weighted by Gasteiger charge is -2.33. The second-order valence-corrected chi connectivity index (χ2v) is 10.4. The lowest BCUT2D eigenvalue weighted by molar-refractivity contribution is 0.0205. The van der Waals surface area contributed by atoms with Gasteiger partial charge in [0.25, 0.3) is 0 Å². The first kappa shape index (κ1) is 21.2. The van der Waals surface area contributed by atoms with E-state index in [0.29, 0.717) is 23.6 Å². The van der Waals surface area contributed by atoms with Gasteiger partial charge in [-0.25, -0.2) is 14.2 Å². The van der Waals surface area contributed by atoms with E-state index in [-0.39, 0.29) is 12.0 Å². The molecule has 1 N–H and O–H groups in total. The Morgan fingerprint density at radius 2 is 1.89 bits per heavy atom. The maximum atomic E-state index is 12.3. The number of rotatable bonds is 2. The summed E-state index contributed by atoms with van der Waals surface area (Å²) >= 11 is 5.16. The van der Waals surface area contributed by atoms with Crippen molar-refractivity contribution in [2.45, 2.75) is 64.9 Å². The Hall–Kier alpha value is -1.54. The number of amides is 1. The number of fused-ring (bicyclic) bond motifs is 1. The average Bonchev–Trinajstić information content (AvgIpc) is 3.08. The van der Waals surface area contributed by atoms with Crippen molar-refractivity contribution in [1.29, 1.82) is 0 Å². The van der Waals surface area contributed by atoms with Crippen LogP contribution >= 0.6 is 27.3 Å². The predicted molar refractivity (Wildman–Crippen MR) is 115 cm³/mol. The summed E-state index contributed by atoms with van der Waals surface area (Å²) in [5.41, 5.74) is 1.30. The Kier molecular flexibility index (Phi) is 5.83. The summed E-state index contributed by atoms with van der Waals surface area (Å²) in [6.45, 7) is 11.1. The van der Waals surface area contributed by atoms with Crippen molar-refractivity contribution in [3.05, 3.63) is 21.1 Å². The number of hydrogen-bond acceptors (Lipinski definition) is 4. The Morgan fingerprint density at radius 1 is 1.29 bits per heavy atom. The number of halogens is 1. The van der Waals surface area contributed by atoms with Crippen molar-refractivity contribution in [3.8, 4) is 0 Å². The maximum absolute atomic E-state index is 12.3. The van der Waals surface area contributed by atoms with E-state index in [4.69, 9.17) is 4.74 Å². The molecule has 0 aliphatic carbocycles. The lowest BCUT2D eigenvalue weighted by Crippen LogP contribution is -2.41. The van der Waals surface area contributed by atoms with Gasteiger partial charge in [-0.2, -0.15) is 0 Å². The van der Waals surface area contributed by atoms with Gasteiger partial charge >= 0.3 is 12.2 Å². The summed E-state index contributed by atoms with van der Waals surface area (Å²) < 4.78 is 8.46. The maximum Gasteiger partial charge on any atom is 0.416 e. The molecule has 154 valence electrons. The molecule has 3 heterocycles. The van der Waals surface area contributed by atoms with Gasteiger partial charge in [0.05, 0.1) is 10.2 Å². The van der Waals surface area contributed by atoms with Crippen molar-refractivity contribution in [1.82, 2.24) is 9.47 Å². The summed E-state index contributed by atoms with van der Waals surface area (Å²) in [5.74, 6) is 0.551. The molecule has 2 aromatic heterocycles. The van der Waals surface area contributed by atoms with Crippen LogP contribution in [0.25, 0.3) is 10.2 Å². The number of carbonyl (C=O) groups excluding carboxylic acids is 1. The summed E-state index contributed by atoms with van der Waals surface area (Å²) in [7, 11) is 0. The van der Waals surface area contributed by atoms with E-state index in [1.54, 1.807) is 16.2 Å². The summed E-state index contributed by atoms with van der Waals surface area (Å²) in [6, 6.07) is 2.01. The predicted octanol–water partition coefficient (Wildman–Crippen LogP) is 6.23. The molecule has 1 aliphatic heterocycles. The molecule has 0 aromatic carbocycles. The molecule has 1 saturated heterocycles. The van der Waals surface area contributed by atoms with Crippen molar-refractivity contribution >= 4 is 49.7 Å². The standard InChI is InChI=1S/C20H27BrN2O4S/c1-11(2)15-16-13(23(17(15)21)18(24)25)10-14(28-16)12-6-8-22(9-7-12)19(26)27-20(3,4)5/h10-12H,6-9H2,1-5H3,(H,24,25). The largest absolute Gasteiger partial charge is 0.464 e. The first-order valence-electron chi connectivity index (χ1n) is 9.54. The van der Waals surface area contributed by atoms with Crippen LogP contribution < -0.4 is 0 Å². The van der Waals surface area contributed by atoms with Crippen LogP contribution in [-0.4, -0.2) is 45.5 Å². The van der Waals surface area contributed by atoms with E-state index in [1.165, 1.54) is 9.44 Å². The minimum absolute atomic E-state index is 0.220. The topological polar surface area (TPSA) is 71.8 Å². The minimum atomic E-state index is -0.979. The fourth-order valence-electron chi connectivity index (χ4n) is 3.64. The summed E-state index contributed by atoms with van der Waals surface area (Å²) in [5, 5.41) is 9.65. The molecular weight excluding hydrogens is 444 g/mol. The molecule has 2 aromatic rings. The van der Waals surface area contributed by atoms with Crippen molar-refractivity contribution in [2.24, 2.45) is 0 Å². The molecule has 3 rings (SSSR count). The minimum Gasteiger partial charge on any atom is -0.464 e. The van der Waals surface area contributed by atoms with Crippen LogP contribution in [0.5, 0.6) is 0 Å². The number of piperidine rings is 1. The van der Waals surface area contributed by atoms with Crippen LogP contribution in [0, 0.1) is 0 Å². The van der Waals surface area contributed by atoms with Crippen LogP contribution in [0.15, 0.2) is 10.7 Å². The van der Waals surface area contributed by atoms with Gasteiger partial charge in [-0.1, -0.05) is 13.8 Å². The molecule has 6 nitrogen and oxygen atoms in total. The highest BCUT2D eigenvalue weighted by Gasteiger charge is 2.30. The van der Waals surface area contributed by atoms with Crippen molar-refractivity contribution < 1.29 is 19.4 Å². The van der Waals surface area contributed by atoms with E-state index >= 15 is 0 Å². The number of aromatic nitrogens is 1. The third kappa shape index (κ3) is 4.08. The first-order valence-corrected chi connectivity index (χ1v) is 11.1. The molecule has 0 radical (unpaired) electrons. The van der Waals surface area contributed by atoms with Crippen LogP contribution in [0.3, 0.4) is 0 Å². The molecule has 1 amide bonds. The zero-order valence-corrected chi connectivity index (χ0v) is 19.3. The fourth-order valence-corrected chi connectivity index (χ4v) is 6.28. The van der Waals surface area contributed by atoms with E-state index in [0.717, 1.165) is 28.6 Å². The lowest BCUT2D eigenvalue weighted by atomic mass is 9.95. The molecule has 28 heavy (non-hydrogen) atoms. The number of carboxylic acid groups (broad SMARTS) is 1. The van der Waals surface area contributed by atoms with Gasteiger partial charge in [-0.05, 0) is 67.4 Å². The van der Waals surface area contributed by atoms with Gasteiger partial charge in [0.15, 0.2) is 0 Å². The second kappa shape index (κ2) is 7.71. The Bertz CT molecular complexity index is 902. The number of thiophene rings is 1. The molecule has 0 bridgehead atoms. The molecule has 1 fully saturated rings. The summed E-state index contributed by atoms with van der Waals surface area (Å²) in [4.78, 5) is 27.0. The van der Waals surface area contributed by atoms with Crippen LogP contribution in [0.1, 0.15) is 69.7 Å². The van der Waals surface area contributed by atoms with E-state index in [2.05, 4.69) is 29.8 Å². The van der Waals surface area contributed by atoms with Gasteiger partial charge in [0.2, 0.25) is 0 Å². The Morgan fingerprint density at radius 3 is 2.39 bits per heavy atom. The quantitative estimate of drug-likeness (QED) is 0.564. The van der Waals surface area contributed by atoms with E-state index in [9.17, 15) is 14.7 Å². The highest BCUT2D eigenvalue weighted by atomic mass is 79.9. The summed E-state index contributed by atoms with van der Waals surface area (Å²) in [6.07, 6.45) is 0.472. The second-order valence-electron chi connectivity index (χ2n) is 8.58. The van der Waals surface area contributed by atoms with Gasteiger partial charge in [0, 0.05) is 23.5 Å². The van der Waals surface area contributed by atoms with Gasteiger partial charge < -0.3 is 14.7 Å². The number of nitrogens with zero attached hydrogens (tertiary/aromatic N) is 2.